The highest BCUT2D eigenvalue weighted by atomic mass is 35.5. The standard InChI is InChI=1S/C13H11ClN2O2/c14-10-3-4-15-6-11(10)16-12-7-18-13-5-8(17)1-2-9(12)13/h1-6,12,16-17H,7H2. The SMILES string of the molecule is Oc1ccc2c(c1)OCC2Nc1cnccc1Cl. The van der Waals surface area contributed by atoms with E-state index in [0.29, 0.717) is 17.4 Å². The number of hydrogen-bond acceptors (Lipinski definition) is 4. The molecule has 0 fully saturated rings. The number of phenols is 1. The number of aromatic hydroxyl groups is 1. The van der Waals surface area contributed by atoms with Gasteiger partial charge in [0.15, 0.2) is 0 Å². The van der Waals surface area contributed by atoms with E-state index >= 15 is 0 Å². The fourth-order valence-corrected chi connectivity index (χ4v) is 2.15. The molecule has 1 aromatic heterocycles. The quantitative estimate of drug-likeness (QED) is 0.874. The summed E-state index contributed by atoms with van der Waals surface area (Å²) >= 11 is 6.07. The van der Waals surface area contributed by atoms with Crippen LogP contribution in [0.25, 0.3) is 0 Å². The molecule has 3 rings (SSSR count). The van der Waals surface area contributed by atoms with Crippen LogP contribution in [0.15, 0.2) is 36.7 Å². The van der Waals surface area contributed by atoms with E-state index in [9.17, 15) is 5.11 Å². The summed E-state index contributed by atoms with van der Waals surface area (Å²) in [4.78, 5) is 4.03. The molecule has 1 aliphatic rings. The number of nitrogens with zero attached hydrogens (tertiary/aromatic N) is 1. The molecular formula is C13H11ClN2O2. The number of hydrogen-bond donors (Lipinski definition) is 2. The zero-order valence-electron chi connectivity index (χ0n) is 9.43. The molecule has 5 heteroatoms. The highest BCUT2D eigenvalue weighted by Crippen LogP contribution is 2.37. The lowest BCUT2D eigenvalue weighted by molar-refractivity contribution is 0.338. The van der Waals surface area contributed by atoms with Crippen molar-refractivity contribution in [3.63, 3.8) is 0 Å². The maximum atomic E-state index is 9.38. The first-order valence-corrected chi connectivity index (χ1v) is 5.93. The molecule has 0 radical (unpaired) electrons. The smallest absolute Gasteiger partial charge is 0.128 e. The number of fused-ring (bicyclic) bond motifs is 1. The molecule has 1 unspecified atom stereocenters. The number of anilines is 1. The maximum Gasteiger partial charge on any atom is 0.128 e. The summed E-state index contributed by atoms with van der Waals surface area (Å²) in [6.45, 7) is 0.504. The van der Waals surface area contributed by atoms with Gasteiger partial charge in [-0.25, -0.2) is 0 Å². The van der Waals surface area contributed by atoms with E-state index in [4.69, 9.17) is 16.3 Å². The van der Waals surface area contributed by atoms with Crippen molar-refractivity contribution in [2.24, 2.45) is 0 Å². The summed E-state index contributed by atoms with van der Waals surface area (Å²) in [5.41, 5.74) is 1.78. The molecule has 92 valence electrons. The van der Waals surface area contributed by atoms with Crippen LogP contribution in [0.1, 0.15) is 11.6 Å². The molecule has 2 heterocycles. The van der Waals surface area contributed by atoms with Gasteiger partial charge in [0, 0.05) is 17.8 Å². The van der Waals surface area contributed by atoms with Crippen molar-refractivity contribution >= 4 is 17.3 Å². The van der Waals surface area contributed by atoms with Crippen molar-refractivity contribution in [3.8, 4) is 11.5 Å². The summed E-state index contributed by atoms with van der Waals surface area (Å²) in [5, 5.41) is 13.3. The second-order valence-electron chi connectivity index (χ2n) is 4.09. The van der Waals surface area contributed by atoms with Crippen molar-refractivity contribution in [3.05, 3.63) is 47.2 Å². The highest BCUT2D eigenvalue weighted by molar-refractivity contribution is 6.33. The third-order valence-corrected chi connectivity index (χ3v) is 3.21. The normalized spacial score (nSPS) is 17.1. The lowest BCUT2D eigenvalue weighted by atomic mass is 10.1. The van der Waals surface area contributed by atoms with Crippen LogP contribution >= 0.6 is 11.6 Å². The van der Waals surface area contributed by atoms with Crippen LogP contribution in [0.4, 0.5) is 5.69 Å². The van der Waals surface area contributed by atoms with E-state index in [-0.39, 0.29) is 11.8 Å². The molecule has 2 N–H and O–H groups in total. The Morgan fingerprint density at radius 3 is 3.11 bits per heavy atom. The first-order valence-electron chi connectivity index (χ1n) is 5.56. The number of ether oxygens (including phenoxy) is 1. The Labute approximate surface area is 109 Å². The number of nitrogens with one attached hydrogen (secondary N) is 1. The Kier molecular flexibility index (Phi) is 2.72. The molecule has 2 aromatic rings. The lowest BCUT2D eigenvalue weighted by Crippen LogP contribution is -2.12. The van der Waals surface area contributed by atoms with Gasteiger partial charge in [0.05, 0.1) is 22.9 Å². The second-order valence-corrected chi connectivity index (χ2v) is 4.49. The average Bonchev–Trinajstić information content (AvgIpc) is 2.74. The van der Waals surface area contributed by atoms with Gasteiger partial charge in [0.2, 0.25) is 0 Å². The third kappa shape index (κ3) is 1.95. The van der Waals surface area contributed by atoms with E-state index in [1.165, 1.54) is 0 Å². The van der Waals surface area contributed by atoms with Crippen LogP contribution in [-0.2, 0) is 0 Å². The van der Waals surface area contributed by atoms with Crippen molar-refractivity contribution in [1.82, 2.24) is 4.98 Å². The molecule has 0 bridgehead atoms. The van der Waals surface area contributed by atoms with Crippen LogP contribution in [-0.4, -0.2) is 16.7 Å². The van der Waals surface area contributed by atoms with Gasteiger partial charge in [-0.15, -0.1) is 0 Å². The summed E-state index contributed by atoms with van der Waals surface area (Å²) in [5.74, 6) is 0.904. The number of aromatic nitrogens is 1. The van der Waals surface area contributed by atoms with Gasteiger partial charge in [0.1, 0.15) is 18.1 Å². The van der Waals surface area contributed by atoms with E-state index < -0.39 is 0 Å². The third-order valence-electron chi connectivity index (χ3n) is 2.88. The summed E-state index contributed by atoms with van der Waals surface area (Å²) in [6.07, 6.45) is 3.32. The Hall–Kier alpha value is -1.94. The van der Waals surface area contributed by atoms with E-state index in [2.05, 4.69) is 10.3 Å². The topological polar surface area (TPSA) is 54.4 Å². The Morgan fingerprint density at radius 1 is 1.39 bits per heavy atom. The largest absolute Gasteiger partial charge is 0.508 e. The Balaban J connectivity index is 1.87. The first-order chi connectivity index (χ1) is 8.74. The van der Waals surface area contributed by atoms with Crippen LogP contribution in [0, 0.1) is 0 Å². The molecule has 18 heavy (non-hydrogen) atoms. The molecule has 4 nitrogen and oxygen atoms in total. The van der Waals surface area contributed by atoms with Gasteiger partial charge in [-0.2, -0.15) is 0 Å². The first kappa shape index (κ1) is 11.2. The second kappa shape index (κ2) is 4.38. The van der Waals surface area contributed by atoms with Gasteiger partial charge in [-0.05, 0) is 18.2 Å². The van der Waals surface area contributed by atoms with Crippen molar-refractivity contribution in [1.29, 1.82) is 0 Å². The predicted molar refractivity (Wildman–Crippen MR) is 69.2 cm³/mol. The number of halogens is 1. The zero-order chi connectivity index (χ0) is 12.5. The molecule has 0 saturated carbocycles. The maximum absolute atomic E-state index is 9.38. The molecule has 1 aliphatic heterocycles. The van der Waals surface area contributed by atoms with Crippen molar-refractivity contribution < 1.29 is 9.84 Å². The monoisotopic (exact) mass is 262 g/mol. The summed E-state index contributed by atoms with van der Waals surface area (Å²) in [6, 6.07) is 6.86. The lowest BCUT2D eigenvalue weighted by Gasteiger charge is -2.13. The fourth-order valence-electron chi connectivity index (χ4n) is 1.99. The number of phenolic OH excluding ortho intramolecular Hbond substituents is 1. The molecule has 0 spiro atoms. The molecule has 1 aromatic carbocycles. The Bertz CT molecular complexity index is 589. The van der Waals surface area contributed by atoms with Gasteiger partial charge in [-0.3, -0.25) is 4.98 Å². The highest BCUT2D eigenvalue weighted by Gasteiger charge is 2.24. The number of rotatable bonds is 2. The molecule has 0 saturated heterocycles. The van der Waals surface area contributed by atoms with Gasteiger partial charge in [-0.1, -0.05) is 11.6 Å². The number of benzene rings is 1. The van der Waals surface area contributed by atoms with E-state index in [1.54, 1.807) is 30.6 Å². The number of pyridine rings is 1. The minimum atomic E-state index is 0.0160. The predicted octanol–water partition coefficient (Wildman–Crippen LogP) is 2.99. The van der Waals surface area contributed by atoms with Crippen LogP contribution in [0.3, 0.4) is 0 Å². The molecule has 1 atom stereocenters. The van der Waals surface area contributed by atoms with Gasteiger partial charge < -0.3 is 15.2 Å². The van der Waals surface area contributed by atoms with Crippen LogP contribution < -0.4 is 10.1 Å². The van der Waals surface area contributed by atoms with Crippen molar-refractivity contribution in [2.75, 3.05) is 11.9 Å². The molecule has 0 amide bonds. The minimum absolute atomic E-state index is 0.0160. The minimum Gasteiger partial charge on any atom is -0.508 e. The summed E-state index contributed by atoms with van der Waals surface area (Å²) < 4.78 is 5.52. The zero-order valence-corrected chi connectivity index (χ0v) is 10.2. The van der Waals surface area contributed by atoms with Crippen molar-refractivity contribution in [2.45, 2.75) is 6.04 Å². The molecule has 0 aliphatic carbocycles. The van der Waals surface area contributed by atoms with E-state index in [0.717, 1.165) is 11.3 Å². The molecular weight excluding hydrogens is 252 g/mol. The van der Waals surface area contributed by atoms with Crippen LogP contribution in [0.5, 0.6) is 11.5 Å². The Morgan fingerprint density at radius 2 is 2.28 bits per heavy atom. The van der Waals surface area contributed by atoms with Gasteiger partial charge in [0.25, 0.3) is 0 Å². The average molecular weight is 263 g/mol. The van der Waals surface area contributed by atoms with E-state index in [1.807, 2.05) is 6.07 Å². The summed E-state index contributed by atoms with van der Waals surface area (Å²) in [7, 11) is 0. The van der Waals surface area contributed by atoms with Gasteiger partial charge >= 0.3 is 0 Å². The van der Waals surface area contributed by atoms with Crippen LogP contribution in [0.2, 0.25) is 5.02 Å². The fraction of sp³-hybridized carbons (Fsp3) is 0.154.